The van der Waals surface area contributed by atoms with Crippen molar-refractivity contribution in [2.24, 2.45) is 0 Å². The number of anilines is 2. The highest BCUT2D eigenvalue weighted by Gasteiger charge is 2.19. The lowest BCUT2D eigenvalue weighted by Crippen LogP contribution is -2.44. The summed E-state index contributed by atoms with van der Waals surface area (Å²) < 4.78 is 6.55. The normalized spacial score (nSPS) is 14.8. The highest BCUT2D eigenvalue weighted by atomic mass is 79.9. The van der Waals surface area contributed by atoms with Gasteiger partial charge in [0.05, 0.1) is 12.8 Å². The van der Waals surface area contributed by atoms with Crippen molar-refractivity contribution < 1.29 is 9.53 Å². The first kappa shape index (κ1) is 19.7. The van der Waals surface area contributed by atoms with Crippen molar-refractivity contribution in [1.29, 1.82) is 0 Å². The fraction of sp³-hybridized carbons (Fsp3) is 0.261. The van der Waals surface area contributed by atoms with Gasteiger partial charge in [-0.1, -0.05) is 40.2 Å². The van der Waals surface area contributed by atoms with E-state index in [0.717, 1.165) is 58.5 Å². The maximum absolute atomic E-state index is 13.0. The molecule has 0 saturated carbocycles. The average molecular weight is 454 g/mol. The first-order chi connectivity index (χ1) is 14.1. The van der Waals surface area contributed by atoms with Crippen LogP contribution in [0.4, 0.5) is 11.4 Å². The number of hydrogen-bond acceptors (Lipinski definition) is 4. The number of carbonyl (C=O) groups is 1. The second-order valence-electron chi connectivity index (χ2n) is 7.27. The molecule has 4 rings (SSSR count). The van der Waals surface area contributed by atoms with Crippen molar-refractivity contribution in [2.75, 3.05) is 50.6 Å². The van der Waals surface area contributed by atoms with Crippen LogP contribution in [0.2, 0.25) is 0 Å². The van der Waals surface area contributed by atoms with E-state index in [9.17, 15) is 4.79 Å². The number of fused-ring (bicyclic) bond motifs is 1. The molecule has 1 fully saturated rings. The molecule has 0 aliphatic carbocycles. The first-order valence-corrected chi connectivity index (χ1v) is 10.5. The third-order valence-electron chi connectivity index (χ3n) is 5.39. The van der Waals surface area contributed by atoms with Crippen LogP contribution in [0.1, 0.15) is 10.4 Å². The van der Waals surface area contributed by atoms with Crippen LogP contribution in [0.3, 0.4) is 0 Å². The molecular weight excluding hydrogens is 430 g/mol. The Bertz CT molecular complexity index is 1050. The van der Waals surface area contributed by atoms with Crippen LogP contribution < -0.4 is 15.0 Å². The molecule has 0 radical (unpaired) electrons. The number of likely N-dealkylation sites (N-methyl/N-ethyl adjacent to an activating group) is 1. The summed E-state index contributed by atoms with van der Waals surface area (Å²) in [7, 11) is 3.81. The number of methoxy groups -OCH3 is 1. The van der Waals surface area contributed by atoms with Crippen LogP contribution in [-0.4, -0.2) is 51.1 Å². The van der Waals surface area contributed by atoms with Gasteiger partial charge in [-0.2, -0.15) is 0 Å². The lowest BCUT2D eigenvalue weighted by Gasteiger charge is -2.35. The Hall–Kier alpha value is -2.57. The molecule has 0 aromatic heterocycles. The Morgan fingerprint density at radius 2 is 1.72 bits per heavy atom. The second kappa shape index (κ2) is 8.43. The van der Waals surface area contributed by atoms with Crippen LogP contribution in [-0.2, 0) is 0 Å². The molecule has 1 aliphatic heterocycles. The molecule has 0 atom stereocenters. The zero-order valence-electron chi connectivity index (χ0n) is 16.6. The summed E-state index contributed by atoms with van der Waals surface area (Å²) in [6.07, 6.45) is 0. The standard InChI is InChI=1S/C23H24BrN3O2/c1-26-11-13-27(14-12-26)21-15-16(9-10-22(21)29-2)25-23(28)19-7-3-6-18-17(19)5-4-8-20(18)24/h3-10,15H,11-14H2,1-2H3,(H,25,28). The average Bonchev–Trinajstić information content (AvgIpc) is 2.74. The van der Waals surface area contributed by atoms with Gasteiger partial charge in [0, 0.05) is 41.9 Å². The van der Waals surface area contributed by atoms with E-state index < -0.39 is 0 Å². The van der Waals surface area contributed by atoms with Crippen LogP contribution in [0.25, 0.3) is 10.8 Å². The molecule has 150 valence electrons. The Labute approximate surface area is 179 Å². The molecule has 5 nitrogen and oxygen atoms in total. The van der Waals surface area contributed by atoms with Gasteiger partial charge >= 0.3 is 0 Å². The number of amides is 1. The maximum Gasteiger partial charge on any atom is 0.256 e. The van der Waals surface area contributed by atoms with Gasteiger partial charge in [-0.05, 0) is 48.2 Å². The van der Waals surface area contributed by atoms with E-state index in [-0.39, 0.29) is 5.91 Å². The quantitative estimate of drug-likeness (QED) is 0.625. The molecule has 1 aliphatic rings. The van der Waals surface area contributed by atoms with Crippen LogP contribution in [0.15, 0.2) is 59.1 Å². The third-order valence-corrected chi connectivity index (χ3v) is 6.09. The Kier molecular flexibility index (Phi) is 5.74. The number of nitrogens with zero attached hydrogens (tertiary/aromatic N) is 2. The zero-order valence-corrected chi connectivity index (χ0v) is 18.2. The molecule has 1 N–H and O–H groups in total. The SMILES string of the molecule is COc1ccc(NC(=O)c2cccc3c(Br)cccc23)cc1N1CCN(C)CC1. The first-order valence-electron chi connectivity index (χ1n) is 9.67. The van der Waals surface area contributed by atoms with Crippen LogP contribution >= 0.6 is 15.9 Å². The lowest BCUT2D eigenvalue weighted by molar-refractivity contribution is 0.102. The van der Waals surface area contributed by atoms with Gasteiger partial charge in [-0.3, -0.25) is 4.79 Å². The number of piperazine rings is 1. The van der Waals surface area contributed by atoms with Crippen molar-refractivity contribution in [1.82, 2.24) is 4.90 Å². The summed E-state index contributed by atoms with van der Waals surface area (Å²) in [5.74, 6) is 0.699. The molecule has 0 bridgehead atoms. The number of carbonyl (C=O) groups excluding carboxylic acids is 1. The molecule has 0 spiro atoms. The van der Waals surface area contributed by atoms with Gasteiger partial charge in [0.25, 0.3) is 5.91 Å². The fourth-order valence-electron chi connectivity index (χ4n) is 3.73. The molecule has 1 saturated heterocycles. The zero-order chi connectivity index (χ0) is 20.4. The molecule has 1 heterocycles. The fourth-order valence-corrected chi connectivity index (χ4v) is 4.23. The minimum absolute atomic E-state index is 0.122. The predicted octanol–water partition coefficient (Wildman–Crippen LogP) is 4.62. The van der Waals surface area contributed by atoms with Gasteiger partial charge in [0.1, 0.15) is 5.75 Å². The predicted molar refractivity (Wildman–Crippen MR) is 122 cm³/mol. The molecular formula is C23H24BrN3O2. The summed E-state index contributed by atoms with van der Waals surface area (Å²) in [5.41, 5.74) is 2.43. The molecule has 3 aromatic carbocycles. The van der Waals surface area contributed by atoms with Crippen LogP contribution in [0.5, 0.6) is 5.75 Å². The summed E-state index contributed by atoms with van der Waals surface area (Å²) in [6, 6.07) is 17.5. The number of rotatable bonds is 4. The van der Waals surface area contributed by atoms with Crippen molar-refractivity contribution in [3.63, 3.8) is 0 Å². The van der Waals surface area contributed by atoms with E-state index in [1.54, 1.807) is 7.11 Å². The minimum atomic E-state index is -0.122. The molecule has 6 heteroatoms. The van der Waals surface area contributed by atoms with Gasteiger partial charge < -0.3 is 19.9 Å². The smallest absolute Gasteiger partial charge is 0.256 e. The van der Waals surface area contributed by atoms with Gasteiger partial charge in [0.2, 0.25) is 0 Å². The number of ether oxygens (including phenoxy) is 1. The largest absolute Gasteiger partial charge is 0.495 e. The highest BCUT2D eigenvalue weighted by Crippen LogP contribution is 2.33. The Morgan fingerprint density at radius 3 is 2.48 bits per heavy atom. The number of nitrogens with one attached hydrogen (secondary N) is 1. The molecule has 0 unspecified atom stereocenters. The number of hydrogen-bond donors (Lipinski definition) is 1. The molecule has 3 aromatic rings. The molecule has 1 amide bonds. The summed E-state index contributed by atoms with van der Waals surface area (Å²) in [6.45, 7) is 3.87. The van der Waals surface area contributed by atoms with Crippen molar-refractivity contribution >= 4 is 44.0 Å². The van der Waals surface area contributed by atoms with Crippen molar-refractivity contribution in [2.45, 2.75) is 0 Å². The van der Waals surface area contributed by atoms with Gasteiger partial charge in [0.15, 0.2) is 0 Å². The summed E-state index contributed by atoms with van der Waals surface area (Å²) in [4.78, 5) is 17.7. The van der Waals surface area contributed by atoms with E-state index in [1.807, 2.05) is 54.6 Å². The Balaban J connectivity index is 1.62. The van der Waals surface area contributed by atoms with Gasteiger partial charge in [-0.25, -0.2) is 0 Å². The van der Waals surface area contributed by atoms with E-state index in [2.05, 4.69) is 38.1 Å². The van der Waals surface area contributed by atoms with E-state index in [0.29, 0.717) is 5.56 Å². The Morgan fingerprint density at radius 1 is 1.00 bits per heavy atom. The second-order valence-corrected chi connectivity index (χ2v) is 8.13. The monoisotopic (exact) mass is 453 g/mol. The third kappa shape index (κ3) is 4.09. The van der Waals surface area contributed by atoms with Crippen molar-refractivity contribution in [3.8, 4) is 5.75 Å². The number of halogens is 1. The highest BCUT2D eigenvalue weighted by molar-refractivity contribution is 9.10. The molecule has 29 heavy (non-hydrogen) atoms. The van der Waals surface area contributed by atoms with E-state index >= 15 is 0 Å². The van der Waals surface area contributed by atoms with Crippen LogP contribution in [0, 0.1) is 0 Å². The van der Waals surface area contributed by atoms with E-state index in [4.69, 9.17) is 4.74 Å². The summed E-state index contributed by atoms with van der Waals surface area (Å²) in [5, 5.41) is 5.01. The van der Waals surface area contributed by atoms with E-state index in [1.165, 1.54) is 0 Å². The van der Waals surface area contributed by atoms with Crippen molar-refractivity contribution in [3.05, 3.63) is 64.6 Å². The lowest BCUT2D eigenvalue weighted by atomic mass is 10.0. The number of benzene rings is 3. The topological polar surface area (TPSA) is 44.8 Å². The summed E-state index contributed by atoms with van der Waals surface area (Å²) >= 11 is 3.57. The minimum Gasteiger partial charge on any atom is -0.495 e. The maximum atomic E-state index is 13.0. The van der Waals surface area contributed by atoms with Gasteiger partial charge in [-0.15, -0.1) is 0 Å².